The van der Waals surface area contributed by atoms with Crippen LogP contribution in [0.4, 0.5) is 4.79 Å². The predicted octanol–water partition coefficient (Wildman–Crippen LogP) is 4.83. The number of cyclic esters (lactones) is 1. The van der Waals surface area contributed by atoms with Gasteiger partial charge in [0.2, 0.25) is 0 Å². The molecule has 45 heavy (non-hydrogen) atoms. The molecule has 0 unspecified atom stereocenters. The van der Waals surface area contributed by atoms with Crippen LogP contribution in [-0.4, -0.2) is 98.3 Å². The lowest BCUT2D eigenvalue weighted by molar-refractivity contribution is -0.151. The van der Waals surface area contributed by atoms with Gasteiger partial charge in [-0.15, -0.1) is 0 Å². The lowest BCUT2D eigenvalue weighted by Gasteiger charge is -2.34. The molecular weight excluding hydrogens is 578 g/mol. The fourth-order valence-corrected chi connectivity index (χ4v) is 5.82. The van der Waals surface area contributed by atoms with E-state index in [4.69, 9.17) is 14.2 Å². The number of aliphatic hydroxyl groups is 4. The Morgan fingerprint density at radius 1 is 1.24 bits per heavy atom. The minimum Gasteiger partial charge on any atom is -0.457 e. The van der Waals surface area contributed by atoms with Gasteiger partial charge < -0.3 is 39.5 Å². The number of carbonyl (C=O) groups excluding carboxylic acids is 2. The summed E-state index contributed by atoms with van der Waals surface area (Å²) in [5, 5.41) is 43.0. The third kappa shape index (κ3) is 12.5. The molecule has 2 aliphatic heterocycles. The number of carbonyl (C=O) groups is 2. The Morgan fingerprint density at radius 3 is 2.49 bits per heavy atom. The zero-order chi connectivity index (χ0) is 33.9. The summed E-state index contributed by atoms with van der Waals surface area (Å²) in [4.78, 5) is 27.5. The molecule has 0 aromatic carbocycles. The van der Waals surface area contributed by atoms with Crippen LogP contribution >= 0.6 is 0 Å². The molecule has 1 amide bonds. The van der Waals surface area contributed by atoms with E-state index in [2.05, 4.69) is 0 Å². The molecular formula is C35H59NO9. The first-order valence-electron chi connectivity index (χ1n) is 16.7. The summed E-state index contributed by atoms with van der Waals surface area (Å²) in [6.45, 7) is 15.9. The highest BCUT2D eigenvalue weighted by atomic mass is 16.6. The lowest BCUT2D eigenvalue weighted by atomic mass is 9.88. The Kier molecular flexibility index (Phi) is 15.2. The molecule has 1 fully saturated rings. The summed E-state index contributed by atoms with van der Waals surface area (Å²) in [6, 6.07) is 0. The van der Waals surface area contributed by atoms with Gasteiger partial charge in [0.05, 0.1) is 36.4 Å². The van der Waals surface area contributed by atoms with E-state index in [0.29, 0.717) is 31.5 Å². The van der Waals surface area contributed by atoms with Crippen molar-refractivity contribution >= 4 is 12.1 Å². The highest BCUT2D eigenvalue weighted by Gasteiger charge is 2.47. The summed E-state index contributed by atoms with van der Waals surface area (Å²) >= 11 is 0. The van der Waals surface area contributed by atoms with Gasteiger partial charge in [0, 0.05) is 31.3 Å². The zero-order valence-electron chi connectivity index (χ0n) is 28.6. The number of esters is 1. The molecule has 0 spiro atoms. The van der Waals surface area contributed by atoms with E-state index in [1.807, 2.05) is 41.5 Å². The molecule has 0 radical (unpaired) electrons. The van der Waals surface area contributed by atoms with Crippen molar-refractivity contribution in [1.29, 1.82) is 0 Å². The zero-order valence-corrected chi connectivity index (χ0v) is 28.6. The topological polar surface area (TPSA) is 149 Å². The van der Waals surface area contributed by atoms with Crippen molar-refractivity contribution in [3.63, 3.8) is 0 Å². The first-order valence-corrected chi connectivity index (χ1v) is 16.7. The van der Waals surface area contributed by atoms with Crippen LogP contribution in [0, 0.1) is 11.8 Å². The fourth-order valence-electron chi connectivity index (χ4n) is 5.82. The summed E-state index contributed by atoms with van der Waals surface area (Å²) in [6.07, 6.45) is 7.25. The van der Waals surface area contributed by atoms with Crippen molar-refractivity contribution in [3.8, 4) is 0 Å². The first kappa shape index (κ1) is 38.9. The maximum absolute atomic E-state index is 13.1. The van der Waals surface area contributed by atoms with E-state index in [9.17, 15) is 30.0 Å². The van der Waals surface area contributed by atoms with E-state index < -0.39 is 47.7 Å². The molecule has 0 aromatic heterocycles. The number of rotatable bonds is 13. The summed E-state index contributed by atoms with van der Waals surface area (Å²) in [5.74, 6) is -0.943. The van der Waals surface area contributed by atoms with Crippen molar-refractivity contribution < 1.29 is 44.2 Å². The van der Waals surface area contributed by atoms with Crippen LogP contribution in [0.15, 0.2) is 36.0 Å². The number of hydrogen-bond donors (Lipinski definition) is 4. The highest BCUT2D eigenvalue weighted by Crippen LogP contribution is 2.37. The molecule has 2 rings (SSSR count). The fraction of sp³-hybridized carbons (Fsp3) is 0.771. The van der Waals surface area contributed by atoms with Gasteiger partial charge in [0.1, 0.15) is 11.7 Å². The van der Waals surface area contributed by atoms with E-state index in [-0.39, 0.29) is 43.3 Å². The third-order valence-electron chi connectivity index (χ3n) is 8.84. The number of allylic oxidation sites excluding steroid dienone is 2. The molecule has 0 aliphatic carbocycles. The Labute approximate surface area is 270 Å². The molecule has 0 aromatic rings. The average Bonchev–Trinajstić information content (AvgIpc) is 3.72. The number of ether oxygens (including phenoxy) is 3. The second-order valence-electron chi connectivity index (χ2n) is 13.5. The number of amides is 1. The number of hydrogen-bond acceptors (Lipinski definition) is 9. The van der Waals surface area contributed by atoms with Crippen molar-refractivity contribution in [2.75, 3.05) is 13.1 Å². The Hall–Kier alpha value is -2.24. The largest absolute Gasteiger partial charge is 0.457 e. The van der Waals surface area contributed by atoms with Crippen LogP contribution in [0.25, 0.3) is 0 Å². The molecule has 10 atom stereocenters. The van der Waals surface area contributed by atoms with Crippen molar-refractivity contribution in [2.24, 2.45) is 11.8 Å². The SMILES string of the molecule is CCCN(CCC)C(=O)O[C@H]1/C=C/[C@H](C)[C@@H](/C(C)=C/C=C/[C@](C)(O)C[C@H]2O[C@@H]2[C@H](C)[C@@H](O)CC)OC(=O)C[C@H](O)CC[C@@]1(C)O. The number of epoxide rings is 1. The van der Waals surface area contributed by atoms with Crippen LogP contribution < -0.4 is 0 Å². The molecule has 2 heterocycles. The van der Waals surface area contributed by atoms with Crippen molar-refractivity contribution in [1.82, 2.24) is 4.90 Å². The van der Waals surface area contributed by atoms with Crippen LogP contribution in [0.1, 0.15) is 100 Å². The van der Waals surface area contributed by atoms with E-state index in [1.165, 1.54) is 0 Å². The van der Waals surface area contributed by atoms with Crippen LogP contribution in [0.2, 0.25) is 0 Å². The molecule has 4 N–H and O–H groups in total. The van der Waals surface area contributed by atoms with Gasteiger partial charge in [0.15, 0.2) is 6.10 Å². The van der Waals surface area contributed by atoms with E-state index in [0.717, 1.165) is 12.8 Å². The van der Waals surface area contributed by atoms with Gasteiger partial charge in [-0.05, 0) is 64.5 Å². The first-order chi connectivity index (χ1) is 21.0. The molecule has 258 valence electrons. The number of nitrogens with zero attached hydrogens (tertiary/aromatic N) is 1. The summed E-state index contributed by atoms with van der Waals surface area (Å²) < 4.78 is 17.4. The van der Waals surface area contributed by atoms with Gasteiger partial charge in [-0.1, -0.05) is 58.9 Å². The smallest absolute Gasteiger partial charge is 0.410 e. The monoisotopic (exact) mass is 637 g/mol. The van der Waals surface area contributed by atoms with Gasteiger partial charge in [-0.3, -0.25) is 4.79 Å². The van der Waals surface area contributed by atoms with E-state index >= 15 is 0 Å². The molecule has 2 aliphatic rings. The Morgan fingerprint density at radius 2 is 1.89 bits per heavy atom. The average molecular weight is 638 g/mol. The lowest BCUT2D eigenvalue weighted by Crippen LogP contribution is -2.45. The predicted molar refractivity (Wildman–Crippen MR) is 173 cm³/mol. The molecule has 10 nitrogen and oxygen atoms in total. The Balaban J connectivity index is 2.25. The molecule has 0 bridgehead atoms. The van der Waals surface area contributed by atoms with Crippen LogP contribution in [0.3, 0.4) is 0 Å². The minimum atomic E-state index is -1.48. The van der Waals surface area contributed by atoms with E-state index in [1.54, 1.807) is 49.1 Å². The standard InChI is InChI=1S/C35H59NO9/c1-9-19-36(20-10-2)33(40)44-29-15-14-24(5)31(45-30(39)21-26(37)16-18-35(29,8)42)23(4)13-12-17-34(7,41)22-28-32(43-28)25(6)27(38)11-3/h12-15,17,24-29,31-32,37-38,41-42H,9-11,16,18-22H2,1-8H3/b15-14+,17-12+,23-13+/t24-,25+,26+,27-,28+,29-,31+,32+,34-,35+/m0/s1. The maximum Gasteiger partial charge on any atom is 0.410 e. The van der Waals surface area contributed by atoms with Gasteiger partial charge in [-0.25, -0.2) is 4.79 Å². The third-order valence-corrected chi connectivity index (χ3v) is 8.84. The van der Waals surface area contributed by atoms with Gasteiger partial charge in [0.25, 0.3) is 0 Å². The summed E-state index contributed by atoms with van der Waals surface area (Å²) in [5.41, 5.74) is -1.93. The van der Waals surface area contributed by atoms with Crippen molar-refractivity contribution in [3.05, 3.63) is 36.0 Å². The van der Waals surface area contributed by atoms with Gasteiger partial charge in [-0.2, -0.15) is 0 Å². The van der Waals surface area contributed by atoms with Gasteiger partial charge >= 0.3 is 12.1 Å². The molecule has 10 heteroatoms. The quantitative estimate of drug-likeness (QED) is 0.0964. The summed E-state index contributed by atoms with van der Waals surface area (Å²) in [7, 11) is 0. The normalized spacial score (nSPS) is 33.2. The van der Waals surface area contributed by atoms with Crippen LogP contribution in [0.5, 0.6) is 0 Å². The number of aliphatic hydroxyl groups excluding tert-OH is 2. The van der Waals surface area contributed by atoms with Crippen LogP contribution in [-0.2, 0) is 19.0 Å². The molecule has 1 saturated heterocycles. The second-order valence-corrected chi connectivity index (χ2v) is 13.5. The second kappa shape index (κ2) is 17.6. The molecule has 0 saturated carbocycles. The minimum absolute atomic E-state index is 0.0100. The Bertz CT molecular complexity index is 1030. The highest BCUT2D eigenvalue weighted by molar-refractivity contribution is 5.70. The maximum atomic E-state index is 13.1. The van der Waals surface area contributed by atoms with Crippen molar-refractivity contribution in [2.45, 2.75) is 148 Å².